The fraction of sp³-hybridized carbons (Fsp3) is 0.625. The first kappa shape index (κ1) is 8.11. The van der Waals surface area contributed by atoms with E-state index in [0.717, 1.165) is 12.0 Å². The van der Waals surface area contributed by atoms with E-state index in [1.165, 1.54) is 0 Å². The third-order valence-electron chi connectivity index (χ3n) is 1.47. The quantitative estimate of drug-likeness (QED) is 0.577. The van der Waals surface area contributed by atoms with E-state index < -0.39 is 0 Å². The first-order valence-corrected chi connectivity index (χ1v) is 3.78. The van der Waals surface area contributed by atoms with Crippen LogP contribution in [0, 0.1) is 0 Å². The minimum Gasteiger partial charge on any atom is -0.501 e. The summed E-state index contributed by atoms with van der Waals surface area (Å²) < 4.78 is 9.73. The van der Waals surface area contributed by atoms with Crippen molar-refractivity contribution in [3.8, 4) is 0 Å². The van der Waals surface area contributed by atoms with Gasteiger partial charge < -0.3 is 9.47 Å². The van der Waals surface area contributed by atoms with Gasteiger partial charge in [0, 0.05) is 6.42 Å². The zero-order valence-electron chi connectivity index (χ0n) is 6.63. The largest absolute Gasteiger partial charge is 0.501 e. The van der Waals surface area contributed by atoms with Crippen molar-refractivity contribution in [3.63, 3.8) is 0 Å². The number of carbonyl (C=O) groups excluding carboxylic acids is 1. The lowest BCUT2D eigenvalue weighted by atomic mass is 10.2. The molecule has 11 heavy (non-hydrogen) atoms. The molecule has 0 aliphatic carbocycles. The van der Waals surface area contributed by atoms with E-state index in [1.807, 2.05) is 0 Å². The molecule has 0 radical (unpaired) electrons. The maximum atomic E-state index is 10.9. The van der Waals surface area contributed by atoms with E-state index in [9.17, 15) is 4.79 Å². The lowest BCUT2D eigenvalue weighted by Gasteiger charge is -1.99. The highest BCUT2D eigenvalue weighted by atomic mass is 16.5. The van der Waals surface area contributed by atoms with Gasteiger partial charge in [-0.3, -0.25) is 4.79 Å². The van der Waals surface area contributed by atoms with Crippen molar-refractivity contribution in [1.29, 1.82) is 0 Å². The van der Waals surface area contributed by atoms with Gasteiger partial charge in [0.15, 0.2) is 0 Å². The summed E-state index contributed by atoms with van der Waals surface area (Å²) in [7, 11) is 0. The number of ether oxygens (including phenoxy) is 2. The molecule has 0 bridgehead atoms. The predicted molar refractivity (Wildman–Crippen MR) is 39.9 cm³/mol. The second-order valence-corrected chi connectivity index (χ2v) is 2.38. The van der Waals surface area contributed by atoms with Crippen LogP contribution < -0.4 is 0 Å². The van der Waals surface area contributed by atoms with Gasteiger partial charge >= 0.3 is 5.97 Å². The highest BCUT2D eigenvalue weighted by molar-refractivity contribution is 5.72. The van der Waals surface area contributed by atoms with Crippen LogP contribution >= 0.6 is 0 Å². The summed E-state index contributed by atoms with van der Waals surface area (Å²) in [6.07, 6.45) is 2.89. The minimum absolute atomic E-state index is 0.163. The van der Waals surface area contributed by atoms with Crippen molar-refractivity contribution < 1.29 is 14.3 Å². The highest BCUT2D eigenvalue weighted by Gasteiger charge is 2.10. The van der Waals surface area contributed by atoms with E-state index >= 15 is 0 Å². The Balaban J connectivity index is 2.24. The summed E-state index contributed by atoms with van der Waals surface area (Å²) in [6.45, 7) is 2.96. The van der Waals surface area contributed by atoms with Crippen LogP contribution in [0.15, 0.2) is 11.8 Å². The molecule has 3 heteroatoms. The molecular weight excluding hydrogens is 144 g/mol. The van der Waals surface area contributed by atoms with Crippen LogP contribution in [0.2, 0.25) is 0 Å². The average molecular weight is 156 g/mol. The Hall–Kier alpha value is -0.990. The molecule has 0 unspecified atom stereocenters. The monoisotopic (exact) mass is 156 g/mol. The van der Waals surface area contributed by atoms with E-state index in [4.69, 9.17) is 9.47 Å². The summed E-state index contributed by atoms with van der Waals surface area (Å²) in [4.78, 5) is 10.9. The van der Waals surface area contributed by atoms with Crippen molar-refractivity contribution in [1.82, 2.24) is 0 Å². The Labute approximate surface area is 66.0 Å². The smallest absolute Gasteiger partial charge is 0.310 e. The molecule has 0 aromatic carbocycles. The van der Waals surface area contributed by atoms with Crippen LogP contribution in [0.4, 0.5) is 0 Å². The molecule has 62 valence electrons. The van der Waals surface area contributed by atoms with Crippen LogP contribution in [0.1, 0.15) is 19.8 Å². The van der Waals surface area contributed by atoms with Gasteiger partial charge in [-0.1, -0.05) is 0 Å². The summed E-state index contributed by atoms with van der Waals surface area (Å²) in [6, 6.07) is 0. The Bertz CT molecular complexity index is 172. The molecule has 0 aromatic rings. The molecule has 0 N–H and O–H groups in total. The maximum Gasteiger partial charge on any atom is 0.310 e. The number of hydrogen-bond donors (Lipinski definition) is 0. The number of hydrogen-bond acceptors (Lipinski definition) is 3. The Morgan fingerprint density at radius 2 is 2.64 bits per heavy atom. The zero-order chi connectivity index (χ0) is 8.10. The van der Waals surface area contributed by atoms with E-state index in [1.54, 1.807) is 13.2 Å². The molecule has 1 aliphatic heterocycles. The zero-order valence-corrected chi connectivity index (χ0v) is 6.63. The van der Waals surface area contributed by atoms with Crippen molar-refractivity contribution >= 4 is 5.97 Å². The van der Waals surface area contributed by atoms with Crippen molar-refractivity contribution in [2.24, 2.45) is 0 Å². The second-order valence-electron chi connectivity index (χ2n) is 2.38. The van der Waals surface area contributed by atoms with E-state index in [2.05, 4.69) is 0 Å². The molecule has 0 spiro atoms. The third kappa shape index (κ3) is 2.62. The number of carbonyl (C=O) groups is 1. The Kier molecular flexibility index (Phi) is 2.95. The van der Waals surface area contributed by atoms with Gasteiger partial charge in [-0.25, -0.2) is 0 Å². The van der Waals surface area contributed by atoms with E-state index in [0.29, 0.717) is 19.6 Å². The summed E-state index contributed by atoms with van der Waals surface area (Å²) in [5, 5.41) is 0. The number of rotatable bonds is 3. The van der Waals surface area contributed by atoms with Gasteiger partial charge in [-0.15, -0.1) is 0 Å². The molecule has 0 saturated carbocycles. The standard InChI is InChI=1S/C8H12O3/c1-2-11-8(9)5-7-3-4-10-6-7/h6H,2-5H2,1H3. The van der Waals surface area contributed by atoms with Gasteiger partial charge in [0.1, 0.15) is 0 Å². The normalized spacial score (nSPS) is 15.5. The van der Waals surface area contributed by atoms with Gasteiger partial charge in [-0.05, 0) is 12.5 Å². The molecular formula is C8H12O3. The van der Waals surface area contributed by atoms with Crippen LogP contribution in [0.5, 0.6) is 0 Å². The summed E-state index contributed by atoms with van der Waals surface area (Å²) in [5.74, 6) is -0.163. The first-order chi connectivity index (χ1) is 5.33. The van der Waals surface area contributed by atoms with Gasteiger partial charge in [0.25, 0.3) is 0 Å². The molecule has 0 saturated heterocycles. The second kappa shape index (κ2) is 4.01. The molecule has 0 fully saturated rings. The summed E-state index contributed by atoms with van der Waals surface area (Å²) >= 11 is 0. The van der Waals surface area contributed by atoms with Crippen LogP contribution in [0.3, 0.4) is 0 Å². The first-order valence-electron chi connectivity index (χ1n) is 3.78. The number of esters is 1. The van der Waals surface area contributed by atoms with Crippen molar-refractivity contribution in [3.05, 3.63) is 11.8 Å². The maximum absolute atomic E-state index is 10.9. The van der Waals surface area contributed by atoms with Gasteiger partial charge in [0.05, 0.1) is 25.9 Å². The minimum atomic E-state index is -0.163. The lowest BCUT2D eigenvalue weighted by molar-refractivity contribution is -0.142. The molecule has 0 aromatic heterocycles. The topological polar surface area (TPSA) is 35.5 Å². The fourth-order valence-corrected chi connectivity index (χ4v) is 0.953. The predicted octanol–water partition coefficient (Wildman–Crippen LogP) is 1.24. The average Bonchev–Trinajstić information content (AvgIpc) is 2.40. The van der Waals surface area contributed by atoms with Gasteiger partial charge in [-0.2, -0.15) is 0 Å². The molecule has 0 amide bonds. The van der Waals surface area contributed by atoms with Crippen LogP contribution in [-0.2, 0) is 14.3 Å². The third-order valence-corrected chi connectivity index (χ3v) is 1.47. The highest BCUT2D eigenvalue weighted by Crippen LogP contribution is 2.14. The van der Waals surface area contributed by atoms with Crippen molar-refractivity contribution in [2.75, 3.05) is 13.2 Å². The Morgan fingerprint density at radius 3 is 3.18 bits per heavy atom. The van der Waals surface area contributed by atoms with Gasteiger partial charge in [0.2, 0.25) is 0 Å². The van der Waals surface area contributed by atoms with E-state index in [-0.39, 0.29) is 5.97 Å². The Morgan fingerprint density at radius 1 is 1.82 bits per heavy atom. The summed E-state index contributed by atoms with van der Waals surface area (Å²) in [5.41, 5.74) is 1.03. The molecule has 3 nitrogen and oxygen atoms in total. The molecule has 1 heterocycles. The fourth-order valence-electron chi connectivity index (χ4n) is 0.953. The van der Waals surface area contributed by atoms with Crippen molar-refractivity contribution in [2.45, 2.75) is 19.8 Å². The molecule has 1 aliphatic rings. The molecule has 1 rings (SSSR count). The van der Waals surface area contributed by atoms with Crippen LogP contribution in [-0.4, -0.2) is 19.2 Å². The van der Waals surface area contributed by atoms with Crippen LogP contribution in [0.25, 0.3) is 0 Å². The molecule has 0 atom stereocenters. The lowest BCUT2D eigenvalue weighted by Crippen LogP contribution is -2.04. The SMILES string of the molecule is CCOC(=O)CC1=COCC1.